The minimum absolute atomic E-state index is 0.670. The molecule has 1 aromatic rings. The first-order chi connectivity index (χ1) is 13.0. The van der Waals surface area contributed by atoms with Gasteiger partial charge in [0.05, 0.1) is 10.9 Å². The van der Waals surface area contributed by atoms with Crippen molar-refractivity contribution in [3.05, 3.63) is 35.2 Å². The summed E-state index contributed by atoms with van der Waals surface area (Å²) in [4.78, 5) is 0. The van der Waals surface area contributed by atoms with Gasteiger partial charge in [0.1, 0.15) is 38.9 Å². The van der Waals surface area contributed by atoms with Crippen LogP contribution < -0.4 is 4.43 Å². The van der Waals surface area contributed by atoms with Crippen LogP contribution in [-0.4, -0.2) is 52.3 Å². The number of hydrogen-bond donors (Lipinski definition) is 0. The lowest BCUT2D eigenvalue weighted by Gasteiger charge is -2.36. The SMILES string of the molecule is C[Si](C)(C)OC(=C(O[Si](C)(C)C)[Si](C)(C)[SiH2]O[SiH3])c1ccccc1O[Si](C)(C)C. The summed E-state index contributed by atoms with van der Waals surface area (Å²) in [7, 11) is -7.25. The normalized spacial score (nSPS) is 14.9. The number of benzene rings is 1. The maximum Gasteiger partial charge on any atom is 0.242 e. The van der Waals surface area contributed by atoms with Gasteiger partial charge in [0.25, 0.3) is 0 Å². The Balaban J connectivity index is 3.84. The number of hydrogen-bond acceptors (Lipinski definition) is 4. The summed E-state index contributed by atoms with van der Waals surface area (Å²) < 4.78 is 26.0. The second kappa shape index (κ2) is 9.83. The van der Waals surface area contributed by atoms with Gasteiger partial charge < -0.3 is 17.4 Å². The van der Waals surface area contributed by atoms with Gasteiger partial charge in [-0.25, -0.2) is 0 Å². The highest BCUT2D eigenvalue weighted by Gasteiger charge is 2.38. The summed E-state index contributed by atoms with van der Waals surface area (Å²) in [6.45, 7) is 24.8. The van der Waals surface area contributed by atoms with Gasteiger partial charge in [-0.3, -0.25) is 0 Å². The molecule has 166 valence electrons. The van der Waals surface area contributed by atoms with E-state index in [1.807, 2.05) is 6.07 Å². The van der Waals surface area contributed by atoms with Gasteiger partial charge in [-0.05, 0) is 71.1 Å². The Bertz CT molecular complexity index is 715. The molecular weight excluding hydrogens is 461 g/mol. The summed E-state index contributed by atoms with van der Waals surface area (Å²) >= 11 is 0. The van der Waals surface area contributed by atoms with Gasteiger partial charge >= 0.3 is 0 Å². The van der Waals surface area contributed by atoms with Crippen LogP contribution in [0.15, 0.2) is 29.6 Å². The maximum atomic E-state index is 6.81. The first-order valence-electron chi connectivity index (χ1n) is 10.4. The van der Waals surface area contributed by atoms with Crippen molar-refractivity contribution in [2.75, 3.05) is 0 Å². The fourth-order valence-electron chi connectivity index (χ4n) is 2.83. The van der Waals surface area contributed by atoms with E-state index in [-0.39, 0.29) is 0 Å². The summed E-state index contributed by atoms with van der Waals surface area (Å²) in [5.74, 6) is 1.83. The monoisotopic (exact) mass is 502 g/mol. The van der Waals surface area contributed by atoms with Gasteiger partial charge in [-0.1, -0.05) is 25.2 Å². The van der Waals surface area contributed by atoms with E-state index < -0.39 is 41.8 Å². The predicted octanol–water partition coefficient (Wildman–Crippen LogP) is 4.40. The quantitative estimate of drug-likeness (QED) is 0.351. The number of para-hydroxylation sites is 1. The van der Waals surface area contributed by atoms with Crippen LogP contribution in [0, 0.1) is 0 Å². The molecule has 0 saturated carbocycles. The molecule has 0 heterocycles. The third-order valence-electron chi connectivity index (χ3n) is 3.69. The lowest BCUT2D eigenvalue weighted by atomic mass is 10.2. The van der Waals surface area contributed by atoms with Gasteiger partial charge in [0.15, 0.2) is 0 Å². The lowest BCUT2D eigenvalue weighted by molar-refractivity contribution is 0.418. The minimum atomic E-state index is -1.89. The largest absolute Gasteiger partial charge is 0.548 e. The molecule has 0 aliphatic rings. The van der Waals surface area contributed by atoms with E-state index in [1.54, 1.807) is 0 Å². The number of rotatable bonds is 10. The average Bonchev–Trinajstić information content (AvgIpc) is 2.48. The van der Waals surface area contributed by atoms with Crippen molar-refractivity contribution in [3.8, 4) is 5.75 Å². The van der Waals surface area contributed by atoms with Crippen molar-refractivity contribution in [2.24, 2.45) is 0 Å². The average molecular weight is 503 g/mol. The van der Waals surface area contributed by atoms with E-state index in [0.717, 1.165) is 32.9 Å². The van der Waals surface area contributed by atoms with Crippen molar-refractivity contribution in [2.45, 2.75) is 72.0 Å². The highest BCUT2D eigenvalue weighted by molar-refractivity contribution is 7.25. The highest BCUT2D eigenvalue weighted by Crippen LogP contribution is 2.37. The maximum absolute atomic E-state index is 6.81. The fraction of sp³-hybridized carbons (Fsp3) is 0.579. The van der Waals surface area contributed by atoms with Crippen LogP contribution in [-0.2, 0) is 13.0 Å². The topological polar surface area (TPSA) is 36.9 Å². The Labute approximate surface area is 188 Å². The summed E-state index contributed by atoms with van der Waals surface area (Å²) in [6, 6.07) is 8.32. The fourth-order valence-corrected chi connectivity index (χ4v) is 19.1. The van der Waals surface area contributed by atoms with Crippen molar-refractivity contribution < 1.29 is 17.4 Å². The van der Waals surface area contributed by atoms with Crippen LogP contribution in [0.4, 0.5) is 0 Å². The molecule has 4 nitrogen and oxygen atoms in total. The predicted molar refractivity (Wildman–Crippen MR) is 143 cm³/mol. The second-order valence-corrected chi connectivity index (χ2v) is 37.4. The summed E-state index contributed by atoms with van der Waals surface area (Å²) in [5, 5.41) is 1.09. The molecule has 0 radical (unpaired) electrons. The van der Waals surface area contributed by atoms with Gasteiger partial charge in [-0.2, -0.15) is 0 Å². The Hall–Kier alpha value is -0.379. The van der Waals surface area contributed by atoms with Crippen molar-refractivity contribution in [1.29, 1.82) is 0 Å². The molecule has 0 spiro atoms. The molecule has 0 aromatic heterocycles. The van der Waals surface area contributed by atoms with Crippen LogP contribution >= 0.6 is 0 Å². The molecular formula is C19H42O4Si6. The second-order valence-electron chi connectivity index (χ2n) is 11.1. The van der Waals surface area contributed by atoms with Crippen molar-refractivity contribution in [1.82, 2.24) is 0 Å². The van der Waals surface area contributed by atoms with Gasteiger partial charge in [-0.15, -0.1) is 0 Å². The first kappa shape index (κ1) is 26.7. The zero-order chi connectivity index (χ0) is 22.7. The van der Waals surface area contributed by atoms with E-state index in [9.17, 15) is 0 Å². The zero-order valence-corrected chi connectivity index (χ0v) is 28.1. The molecule has 0 atom stereocenters. The Morgan fingerprint density at radius 1 is 0.759 bits per heavy atom. The first-order valence-corrected chi connectivity index (χ1v) is 27.3. The molecule has 29 heavy (non-hydrogen) atoms. The molecule has 1 rings (SSSR count). The van der Waals surface area contributed by atoms with E-state index in [4.69, 9.17) is 17.4 Å². The minimum Gasteiger partial charge on any atom is -0.548 e. The molecule has 0 fully saturated rings. The van der Waals surface area contributed by atoms with Crippen LogP contribution in [0.1, 0.15) is 5.56 Å². The van der Waals surface area contributed by atoms with Gasteiger partial charge in [0, 0.05) is 0 Å². The third kappa shape index (κ3) is 9.53. The smallest absolute Gasteiger partial charge is 0.242 e. The molecule has 10 heteroatoms. The molecule has 0 N–H and O–H groups in total. The van der Waals surface area contributed by atoms with E-state index in [2.05, 4.69) is 90.2 Å². The standard InChI is InChI=1S/C19H42O4Si6/c1-26(2,3)20-17-15-13-12-14-16(17)18(21-27(4,5)6)19(22-28(7,8)9)29(10,11)25-23-24/h12-15H,25H2,1-11,24H3. The Morgan fingerprint density at radius 3 is 1.72 bits per heavy atom. The molecule has 0 amide bonds. The molecule has 0 saturated heterocycles. The Morgan fingerprint density at radius 2 is 1.28 bits per heavy atom. The van der Waals surface area contributed by atoms with E-state index in [0.29, 0.717) is 0 Å². The third-order valence-corrected chi connectivity index (χ3v) is 15.5. The molecule has 0 aliphatic heterocycles. The summed E-state index contributed by atoms with van der Waals surface area (Å²) in [5.41, 5.74) is 1.04. The van der Waals surface area contributed by atoms with Crippen LogP contribution in [0.2, 0.25) is 72.0 Å². The zero-order valence-electron chi connectivity index (χ0n) is 20.6. The highest BCUT2D eigenvalue weighted by atomic mass is 29.2. The van der Waals surface area contributed by atoms with Gasteiger partial charge in [0.2, 0.25) is 25.0 Å². The Kier molecular flexibility index (Phi) is 9.04. The summed E-state index contributed by atoms with van der Waals surface area (Å²) in [6.07, 6.45) is 0. The van der Waals surface area contributed by atoms with Crippen molar-refractivity contribution >= 4 is 58.1 Å². The van der Waals surface area contributed by atoms with Crippen LogP contribution in [0.5, 0.6) is 5.75 Å². The molecule has 1 aromatic carbocycles. The van der Waals surface area contributed by atoms with Crippen LogP contribution in [0.3, 0.4) is 0 Å². The van der Waals surface area contributed by atoms with Crippen molar-refractivity contribution in [3.63, 3.8) is 0 Å². The molecule has 0 bridgehead atoms. The lowest BCUT2D eigenvalue weighted by Crippen LogP contribution is -2.45. The van der Waals surface area contributed by atoms with Crippen LogP contribution in [0.25, 0.3) is 5.76 Å². The van der Waals surface area contributed by atoms with E-state index >= 15 is 0 Å². The van der Waals surface area contributed by atoms with E-state index in [1.165, 1.54) is 0 Å². The molecule has 0 aliphatic carbocycles. The molecule has 0 unspecified atom stereocenters.